The van der Waals surface area contributed by atoms with Crippen molar-refractivity contribution in [3.63, 3.8) is 0 Å². The van der Waals surface area contributed by atoms with Gasteiger partial charge in [-0.2, -0.15) is 0 Å². The molecule has 0 unspecified atom stereocenters. The standard InChI is InChI=1S/C9H23N3O/c10-4-3-7-11-5-1-2-6-12-8-9-13/h11-13H,1-10H2. The summed E-state index contributed by atoms with van der Waals surface area (Å²) in [6, 6.07) is 0. The van der Waals surface area contributed by atoms with Crippen LogP contribution in [0.25, 0.3) is 0 Å². The van der Waals surface area contributed by atoms with Gasteiger partial charge in [-0.25, -0.2) is 0 Å². The average molecular weight is 189 g/mol. The van der Waals surface area contributed by atoms with Crippen molar-refractivity contribution in [2.75, 3.05) is 39.3 Å². The molecular formula is C9H23N3O. The summed E-state index contributed by atoms with van der Waals surface area (Å²) in [6.45, 7) is 4.81. The average Bonchev–Trinajstić information content (AvgIpc) is 2.16. The van der Waals surface area contributed by atoms with Gasteiger partial charge in [0.15, 0.2) is 0 Å². The summed E-state index contributed by atoms with van der Waals surface area (Å²) in [7, 11) is 0. The molecule has 0 saturated carbocycles. The van der Waals surface area contributed by atoms with E-state index in [4.69, 9.17) is 10.8 Å². The summed E-state index contributed by atoms with van der Waals surface area (Å²) >= 11 is 0. The van der Waals surface area contributed by atoms with Gasteiger partial charge in [-0.1, -0.05) is 0 Å². The van der Waals surface area contributed by atoms with Gasteiger partial charge in [0.05, 0.1) is 6.61 Å². The molecule has 5 N–H and O–H groups in total. The monoisotopic (exact) mass is 189 g/mol. The maximum absolute atomic E-state index is 8.48. The number of aliphatic hydroxyl groups excluding tert-OH is 1. The van der Waals surface area contributed by atoms with Crippen LogP contribution in [0, 0.1) is 0 Å². The number of unbranched alkanes of at least 4 members (excludes halogenated alkanes) is 1. The van der Waals surface area contributed by atoms with E-state index in [-0.39, 0.29) is 6.61 Å². The van der Waals surface area contributed by atoms with Crippen LogP contribution in [0.3, 0.4) is 0 Å². The zero-order valence-corrected chi connectivity index (χ0v) is 8.39. The van der Waals surface area contributed by atoms with Gasteiger partial charge in [0.25, 0.3) is 0 Å². The van der Waals surface area contributed by atoms with Crippen LogP contribution in [-0.4, -0.2) is 44.4 Å². The van der Waals surface area contributed by atoms with Crippen molar-refractivity contribution in [3.05, 3.63) is 0 Å². The molecule has 0 bridgehead atoms. The first-order valence-corrected chi connectivity index (χ1v) is 5.14. The maximum atomic E-state index is 8.48. The fraction of sp³-hybridized carbons (Fsp3) is 1.00. The second-order valence-electron chi connectivity index (χ2n) is 3.07. The first kappa shape index (κ1) is 12.8. The summed E-state index contributed by atoms with van der Waals surface area (Å²) in [6.07, 6.45) is 3.40. The van der Waals surface area contributed by atoms with Gasteiger partial charge in [-0.3, -0.25) is 0 Å². The van der Waals surface area contributed by atoms with Gasteiger partial charge in [-0.15, -0.1) is 0 Å². The van der Waals surface area contributed by atoms with Gasteiger partial charge < -0.3 is 21.5 Å². The molecule has 0 atom stereocenters. The van der Waals surface area contributed by atoms with Crippen LogP contribution in [0.1, 0.15) is 19.3 Å². The van der Waals surface area contributed by atoms with Gasteiger partial charge in [0.1, 0.15) is 0 Å². The highest BCUT2D eigenvalue weighted by molar-refractivity contribution is 4.51. The first-order valence-electron chi connectivity index (χ1n) is 5.14. The number of nitrogens with two attached hydrogens (primary N) is 1. The SMILES string of the molecule is NCCCNCCCCNCCO. The van der Waals surface area contributed by atoms with Crippen molar-refractivity contribution in [2.45, 2.75) is 19.3 Å². The van der Waals surface area contributed by atoms with E-state index >= 15 is 0 Å². The third-order valence-corrected chi connectivity index (χ3v) is 1.80. The molecular weight excluding hydrogens is 166 g/mol. The lowest BCUT2D eigenvalue weighted by atomic mass is 10.3. The Morgan fingerprint density at radius 3 is 1.92 bits per heavy atom. The number of nitrogens with one attached hydrogen (secondary N) is 2. The highest BCUT2D eigenvalue weighted by Crippen LogP contribution is 1.84. The molecule has 0 rings (SSSR count). The molecule has 0 aromatic heterocycles. The molecule has 0 aliphatic heterocycles. The molecule has 0 radical (unpaired) electrons. The smallest absolute Gasteiger partial charge is 0.0555 e. The van der Waals surface area contributed by atoms with E-state index in [9.17, 15) is 0 Å². The van der Waals surface area contributed by atoms with Gasteiger partial charge in [0, 0.05) is 6.54 Å². The second kappa shape index (κ2) is 11.8. The summed E-state index contributed by atoms with van der Waals surface area (Å²) in [5.74, 6) is 0. The molecule has 0 fully saturated rings. The summed E-state index contributed by atoms with van der Waals surface area (Å²) in [4.78, 5) is 0. The molecule has 0 heterocycles. The molecule has 0 aromatic rings. The molecule has 0 saturated heterocycles. The minimum absolute atomic E-state index is 0.231. The number of rotatable bonds is 10. The predicted octanol–water partition coefficient (Wildman–Crippen LogP) is -0.713. The molecule has 0 aliphatic carbocycles. The molecule has 4 nitrogen and oxygen atoms in total. The maximum Gasteiger partial charge on any atom is 0.0555 e. The number of hydrogen-bond acceptors (Lipinski definition) is 4. The lowest BCUT2D eigenvalue weighted by Gasteiger charge is -2.04. The zero-order valence-electron chi connectivity index (χ0n) is 8.39. The van der Waals surface area contributed by atoms with Crippen LogP contribution in [0.2, 0.25) is 0 Å². The molecule has 0 spiro atoms. The Hall–Kier alpha value is -0.160. The first-order chi connectivity index (χ1) is 6.41. The lowest BCUT2D eigenvalue weighted by Crippen LogP contribution is -2.22. The Kier molecular flexibility index (Phi) is 11.7. The number of aliphatic hydroxyl groups is 1. The van der Waals surface area contributed by atoms with E-state index in [0.29, 0.717) is 6.54 Å². The van der Waals surface area contributed by atoms with E-state index in [1.807, 2.05) is 0 Å². The zero-order chi connectivity index (χ0) is 9.78. The van der Waals surface area contributed by atoms with E-state index in [1.54, 1.807) is 0 Å². The van der Waals surface area contributed by atoms with E-state index in [2.05, 4.69) is 10.6 Å². The molecule has 80 valence electrons. The van der Waals surface area contributed by atoms with Gasteiger partial charge >= 0.3 is 0 Å². The quantitative estimate of drug-likeness (QED) is 0.343. The molecule has 0 aliphatic rings. The Labute approximate surface area is 80.9 Å². The lowest BCUT2D eigenvalue weighted by molar-refractivity contribution is 0.292. The normalized spacial score (nSPS) is 10.6. The van der Waals surface area contributed by atoms with Crippen molar-refractivity contribution in [2.24, 2.45) is 5.73 Å². The highest BCUT2D eigenvalue weighted by Gasteiger charge is 1.88. The van der Waals surface area contributed by atoms with Crippen molar-refractivity contribution in [1.82, 2.24) is 10.6 Å². The van der Waals surface area contributed by atoms with E-state index in [1.165, 1.54) is 6.42 Å². The van der Waals surface area contributed by atoms with Crippen molar-refractivity contribution in [1.29, 1.82) is 0 Å². The Morgan fingerprint density at radius 1 is 0.846 bits per heavy atom. The third kappa shape index (κ3) is 11.8. The van der Waals surface area contributed by atoms with Crippen molar-refractivity contribution < 1.29 is 5.11 Å². The number of hydrogen-bond donors (Lipinski definition) is 4. The Balaban J connectivity index is 2.76. The Morgan fingerprint density at radius 2 is 1.38 bits per heavy atom. The molecule has 0 amide bonds. The fourth-order valence-electron chi connectivity index (χ4n) is 1.06. The molecule has 0 aromatic carbocycles. The fourth-order valence-corrected chi connectivity index (χ4v) is 1.06. The van der Waals surface area contributed by atoms with Crippen molar-refractivity contribution in [3.8, 4) is 0 Å². The van der Waals surface area contributed by atoms with E-state index in [0.717, 1.165) is 39.0 Å². The largest absolute Gasteiger partial charge is 0.395 e. The van der Waals surface area contributed by atoms with Crippen LogP contribution in [0.15, 0.2) is 0 Å². The van der Waals surface area contributed by atoms with E-state index < -0.39 is 0 Å². The summed E-state index contributed by atoms with van der Waals surface area (Å²) in [5.41, 5.74) is 5.35. The third-order valence-electron chi connectivity index (χ3n) is 1.80. The predicted molar refractivity (Wildman–Crippen MR) is 55.7 cm³/mol. The van der Waals surface area contributed by atoms with Crippen LogP contribution >= 0.6 is 0 Å². The van der Waals surface area contributed by atoms with Crippen LogP contribution in [0.5, 0.6) is 0 Å². The summed E-state index contributed by atoms with van der Waals surface area (Å²) < 4.78 is 0. The minimum atomic E-state index is 0.231. The highest BCUT2D eigenvalue weighted by atomic mass is 16.3. The topological polar surface area (TPSA) is 70.3 Å². The second-order valence-corrected chi connectivity index (χ2v) is 3.07. The van der Waals surface area contributed by atoms with Crippen molar-refractivity contribution >= 4 is 0 Å². The van der Waals surface area contributed by atoms with Gasteiger partial charge in [0.2, 0.25) is 0 Å². The molecule has 13 heavy (non-hydrogen) atoms. The summed E-state index contributed by atoms with van der Waals surface area (Å²) in [5, 5.41) is 14.9. The minimum Gasteiger partial charge on any atom is -0.395 e. The van der Waals surface area contributed by atoms with Crippen LogP contribution in [0.4, 0.5) is 0 Å². The Bertz CT molecular complexity index is 80.9. The van der Waals surface area contributed by atoms with Crippen LogP contribution in [-0.2, 0) is 0 Å². The van der Waals surface area contributed by atoms with Crippen LogP contribution < -0.4 is 16.4 Å². The molecule has 4 heteroatoms. The van der Waals surface area contributed by atoms with Gasteiger partial charge in [-0.05, 0) is 45.4 Å².